The minimum Gasteiger partial charge on any atom is -0.480 e. The first-order valence-corrected chi connectivity index (χ1v) is 7.03. The molecule has 1 atom stereocenters. The molecule has 0 radical (unpaired) electrons. The van der Waals surface area contributed by atoms with Crippen LogP contribution in [-0.4, -0.2) is 28.0 Å². The Morgan fingerprint density at radius 1 is 1.55 bits per heavy atom. The quantitative estimate of drug-likeness (QED) is 0.853. The minimum atomic E-state index is -1.04. The van der Waals surface area contributed by atoms with Crippen molar-refractivity contribution in [1.82, 2.24) is 10.3 Å². The summed E-state index contributed by atoms with van der Waals surface area (Å²) < 4.78 is 5.19. The SMILES string of the molecule is CCC[C@@H](NC(=O)c1csc(-c2ccco2)n1)C(=O)O. The second-order valence-electron chi connectivity index (χ2n) is 4.17. The molecule has 0 bridgehead atoms. The zero-order valence-electron chi connectivity index (χ0n) is 10.8. The molecule has 0 spiro atoms. The Morgan fingerprint density at radius 2 is 2.35 bits per heavy atom. The second-order valence-corrected chi connectivity index (χ2v) is 5.03. The van der Waals surface area contributed by atoms with Gasteiger partial charge in [-0.15, -0.1) is 11.3 Å². The van der Waals surface area contributed by atoms with E-state index in [1.54, 1.807) is 17.5 Å². The number of hydrogen-bond donors (Lipinski definition) is 2. The van der Waals surface area contributed by atoms with E-state index in [0.29, 0.717) is 23.6 Å². The molecule has 0 aliphatic heterocycles. The van der Waals surface area contributed by atoms with Crippen molar-refractivity contribution < 1.29 is 19.1 Å². The third kappa shape index (κ3) is 3.24. The number of hydrogen-bond acceptors (Lipinski definition) is 5. The highest BCUT2D eigenvalue weighted by molar-refractivity contribution is 7.13. The van der Waals surface area contributed by atoms with Crippen LogP contribution in [0.15, 0.2) is 28.2 Å². The largest absolute Gasteiger partial charge is 0.480 e. The number of rotatable bonds is 6. The molecule has 0 unspecified atom stereocenters. The minimum absolute atomic E-state index is 0.198. The van der Waals surface area contributed by atoms with Gasteiger partial charge in [-0.1, -0.05) is 13.3 Å². The van der Waals surface area contributed by atoms with Gasteiger partial charge in [0, 0.05) is 5.38 Å². The van der Waals surface area contributed by atoms with Crippen LogP contribution < -0.4 is 5.32 Å². The maximum absolute atomic E-state index is 12.0. The summed E-state index contributed by atoms with van der Waals surface area (Å²) in [6.07, 6.45) is 2.58. The van der Waals surface area contributed by atoms with Crippen molar-refractivity contribution in [3.05, 3.63) is 29.5 Å². The molecule has 2 rings (SSSR count). The number of aliphatic carboxylic acids is 1. The van der Waals surface area contributed by atoms with E-state index in [1.807, 2.05) is 6.92 Å². The van der Waals surface area contributed by atoms with E-state index in [1.165, 1.54) is 17.6 Å². The average molecular weight is 294 g/mol. The molecule has 0 aliphatic carbocycles. The van der Waals surface area contributed by atoms with E-state index < -0.39 is 17.9 Å². The first kappa shape index (κ1) is 14.3. The van der Waals surface area contributed by atoms with Crippen molar-refractivity contribution in [3.8, 4) is 10.8 Å². The zero-order chi connectivity index (χ0) is 14.5. The Hall–Kier alpha value is -2.15. The summed E-state index contributed by atoms with van der Waals surface area (Å²) in [5, 5.41) is 13.6. The van der Waals surface area contributed by atoms with Gasteiger partial charge in [-0.05, 0) is 18.6 Å². The fraction of sp³-hybridized carbons (Fsp3) is 0.308. The van der Waals surface area contributed by atoms with Crippen LogP contribution in [0.2, 0.25) is 0 Å². The lowest BCUT2D eigenvalue weighted by molar-refractivity contribution is -0.139. The third-order valence-electron chi connectivity index (χ3n) is 2.65. The van der Waals surface area contributed by atoms with Gasteiger partial charge in [0.1, 0.15) is 11.7 Å². The molecule has 2 heterocycles. The molecule has 0 saturated carbocycles. The van der Waals surface area contributed by atoms with E-state index >= 15 is 0 Å². The molecule has 106 valence electrons. The lowest BCUT2D eigenvalue weighted by Crippen LogP contribution is -2.40. The average Bonchev–Trinajstić information content (AvgIpc) is 3.08. The van der Waals surface area contributed by atoms with Crippen molar-refractivity contribution in [2.45, 2.75) is 25.8 Å². The molecular formula is C13H14N2O4S. The molecule has 2 N–H and O–H groups in total. The number of thiazole rings is 1. The van der Waals surface area contributed by atoms with Crippen LogP contribution in [0.1, 0.15) is 30.3 Å². The van der Waals surface area contributed by atoms with Gasteiger partial charge in [0.15, 0.2) is 10.8 Å². The topological polar surface area (TPSA) is 92.4 Å². The summed E-state index contributed by atoms with van der Waals surface area (Å²) in [7, 11) is 0. The first-order chi connectivity index (χ1) is 9.61. The number of aromatic nitrogens is 1. The molecule has 0 aromatic carbocycles. The number of carbonyl (C=O) groups is 2. The number of nitrogens with one attached hydrogen (secondary N) is 1. The van der Waals surface area contributed by atoms with Crippen molar-refractivity contribution in [2.24, 2.45) is 0 Å². The fourth-order valence-corrected chi connectivity index (χ4v) is 2.44. The lowest BCUT2D eigenvalue weighted by Gasteiger charge is -2.12. The summed E-state index contributed by atoms with van der Waals surface area (Å²) in [5.74, 6) is -0.945. The van der Waals surface area contributed by atoms with Gasteiger partial charge in [-0.25, -0.2) is 9.78 Å². The summed E-state index contributed by atoms with van der Waals surface area (Å²) >= 11 is 1.27. The second kappa shape index (κ2) is 6.33. The van der Waals surface area contributed by atoms with Crippen molar-refractivity contribution >= 4 is 23.2 Å². The molecule has 0 aliphatic rings. The monoisotopic (exact) mass is 294 g/mol. The first-order valence-electron chi connectivity index (χ1n) is 6.15. The Kier molecular flexibility index (Phi) is 4.52. The van der Waals surface area contributed by atoms with Crippen LogP contribution in [0.25, 0.3) is 10.8 Å². The van der Waals surface area contributed by atoms with Gasteiger partial charge in [0.2, 0.25) is 0 Å². The van der Waals surface area contributed by atoms with Gasteiger partial charge in [-0.3, -0.25) is 4.79 Å². The number of nitrogens with zero attached hydrogens (tertiary/aromatic N) is 1. The maximum atomic E-state index is 12.0. The molecule has 7 heteroatoms. The van der Waals surface area contributed by atoms with Gasteiger partial charge >= 0.3 is 5.97 Å². The number of furan rings is 1. The van der Waals surface area contributed by atoms with E-state index in [0.717, 1.165) is 0 Å². The van der Waals surface area contributed by atoms with Crippen LogP contribution >= 0.6 is 11.3 Å². The summed E-state index contributed by atoms with van der Waals surface area (Å²) in [6, 6.07) is 2.59. The Balaban J connectivity index is 2.08. The summed E-state index contributed by atoms with van der Waals surface area (Å²) in [5.41, 5.74) is 0.198. The van der Waals surface area contributed by atoms with Crippen LogP contribution in [0.5, 0.6) is 0 Å². The number of carboxylic acids is 1. The van der Waals surface area contributed by atoms with Gasteiger partial charge in [0.05, 0.1) is 6.26 Å². The predicted octanol–water partition coefficient (Wildman–Crippen LogP) is 2.39. The number of amides is 1. The van der Waals surface area contributed by atoms with Crippen LogP contribution in [-0.2, 0) is 4.79 Å². The van der Waals surface area contributed by atoms with E-state index in [4.69, 9.17) is 9.52 Å². The lowest BCUT2D eigenvalue weighted by atomic mass is 10.1. The molecule has 6 nitrogen and oxygen atoms in total. The Morgan fingerprint density at radius 3 is 2.95 bits per heavy atom. The van der Waals surface area contributed by atoms with E-state index in [2.05, 4.69) is 10.3 Å². The van der Waals surface area contributed by atoms with Gasteiger partial charge < -0.3 is 14.8 Å². The molecule has 1 amide bonds. The van der Waals surface area contributed by atoms with Crippen LogP contribution in [0.3, 0.4) is 0 Å². The highest BCUT2D eigenvalue weighted by Gasteiger charge is 2.21. The van der Waals surface area contributed by atoms with E-state index in [9.17, 15) is 9.59 Å². The van der Waals surface area contributed by atoms with E-state index in [-0.39, 0.29) is 5.69 Å². The van der Waals surface area contributed by atoms with Crippen LogP contribution in [0.4, 0.5) is 0 Å². The normalized spacial score (nSPS) is 12.1. The molecular weight excluding hydrogens is 280 g/mol. The maximum Gasteiger partial charge on any atom is 0.326 e. The predicted molar refractivity (Wildman–Crippen MR) is 73.6 cm³/mol. The van der Waals surface area contributed by atoms with Crippen LogP contribution in [0, 0.1) is 0 Å². The standard InChI is InChI=1S/C13H14N2O4S/c1-2-4-8(13(17)18)14-11(16)9-7-20-12(15-9)10-5-3-6-19-10/h3,5-8H,2,4H2,1H3,(H,14,16)(H,17,18)/t8-/m1/s1. The highest BCUT2D eigenvalue weighted by atomic mass is 32.1. The Labute approximate surface area is 119 Å². The van der Waals surface area contributed by atoms with Crippen molar-refractivity contribution in [3.63, 3.8) is 0 Å². The van der Waals surface area contributed by atoms with Crippen molar-refractivity contribution in [2.75, 3.05) is 0 Å². The molecule has 2 aromatic heterocycles. The van der Waals surface area contributed by atoms with Gasteiger partial charge in [-0.2, -0.15) is 0 Å². The molecule has 20 heavy (non-hydrogen) atoms. The smallest absolute Gasteiger partial charge is 0.326 e. The summed E-state index contributed by atoms with van der Waals surface area (Å²) in [4.78, 5) is 27.1. The molecule has 0 saturated heterocycles. The third-order valence-corrected chi connectivity index (χ3v) is 3.51. The number of carboxylic acid groups (broad SMARTS) is 1. The van der Waals surface area contributed by atoms with Gasteiger partial charge in [0.25, 0.3) is 5.91 Å². The fourth-order valence-electron chi connectivity index (χ4n) is 1.67. The molecule has 2 aromatic rings. The Bertz CT molecular complexity index is 591. The highest BCUT2D eigenvalue weighted by Crippen LogP contribution is 2.23. The van der Waals surface area contributed by atoms with Crippen molar-refractivity contribution in [1.29, 1.82) is 0 Å². The molecule has 0 fully saturated rings. The zero-order valence-corrected chi connectivity index (χ0v) is 11.6. The number of carbonyl (C=O) groups excluding carboxylic acids is 1. The summed E-state index contributed by atoms with van der Waals surface area (Å²) in [6.45, 7) is 1.86.